The molecule has 1 aliphatic rings. The first-order valence-electron chi connectivity index (χ1n) is 7.94. The van der Waals surface area contributed by atoms with Crippen molar-refractivity contribution in [2.24, 2.45) is 0 Å². The van der Waals surface area contributed by atoms with Gasteiger partial charge in [-0.05, 0) is 39.7 Å². The summed E-state index contributed by atoms with van der Waals surface area (Å²) in [6, 6.07) is 1.77. The Morgan fingerprint density at radius 1 is 1.22 bits per heavy atom. The highest BCUT2D eigenvalue weighted by Gasteiger charge is 2.26. The lowest BCUT2D eigenvalue weighted by Gasteiger charge is -2.22. The minimum Gasteiger partial charge on any atom is -0.355 e. The van der Waals surface area contributed by atoms with Gasteiger partial charge in [0.05, 0.1) is 15.5 Å². The van der Waals surface area contributed by atoms with Crippen LogP contribution in [0.4, 0.5) is 0 Å². The summed E-state index contributed by atoms with van der Waals surface area (Å²) in [6.45, 7) is 5.65. The predicted molar refractivity (Wildman–Crippen MR) is 91.2 cm³/mol. The van der Waals surface area contributed by atoms with Crippen LogP contribution in [0.25, 0.3) is 10.6 Å². The van der Waals surface area contributed by atoms with Crippen molar-refractivity contribution in [1.82, 2.24) is 9.88 Å². The molecule has 0 unspecified atom stereocenters. The van der Waals surface area contributed by atoms with E-state index in [1.165, 1.54) is 17.8 Å². The summed E-state index contributed by atoms with van der Waals surface area (Å²) in [5.41, 5.74) is 1.78. The number of rotatable bonds is 4. The molecule has 0 aromatic carbocycles. The Labute approximate surface area is 141 Å². The van der Waals surface area contributed by atoms with Crippen molar-refractivity contribution in [2.75, 3.05) is 0 Å². The van der Waals surface area contributed by atoms with Crippen LogP contribution in [-0.2, 0) is 10.0 Å². The fraction of sp³-hybridized carbons (Fsp3) is 0.562. The molecule has 1 saturated carbocycles. The fourth-order valence-electron chi connectivity index (χ4n) is 2.99. The van der Waals surface area contributed by atoms with Gasteiger partial charge in [0.2, 0.25) is 10.0 Å². The summed E-state index contributed by atoms with van der Waals surface area (Å²) < 4.78 is 33.6. The third-order valence-corrected chi connectivity index (χ3v) is 7.29. The minimum absolute atomic E-state index is 0.0609. The molecular weight excluding hydrogens is 332 g/mol. The van der Waals surface area contributed by atoms with Gasteiger partial charge in [-0.25, -0.2) is 13.1 Å². The second kappa shape index (κ2) is 6.37. The maximum absolute atomic E-state index is 12.7. The summed E-state index contributed by atoms with van der Waals surface area (Å²) in [4.78, 5) is 1.94. The molecule has 126 valence electrons. The zero-order chi connectivity index (χ0) is 16.6. The van der Waals surface area contributed by atoms with E-state index in [2.05, 4.69) is 9.88 Å². The van der Waals surface area contributed by atoms with E-state index >= 15 is 0 Å². The second-order valence-corrected chi connectivity index (χ2v) is 9.15. The van der Waals surface area contributed by atoms with E-state index < -0.39 is 10.0 Å². The van der Waals surface area contributed by atoms with Gasteiger partial charge in [0.15, 0.2) is 5.76 Å². The topological polar surface area (TPSA) is 72.2 Å². The summed E-state index contributed by atoms with van der Waals surface area (Å²) in [5.74, 6) is 0.662. The molecule has 0 saturated heterocycles. The number of thiophene rings is 1. The molecule has 0 spiro atoms. The van der Waals surface area contributed by atoms with Crippen molar-refractivity contribution in [1.29, 1.82) is 0 Å². The fourth-order valence-corrected chi connectivity index (χ4v) is 5.92. The Morgan fingerprint density at radius 3 is 2.52 bits per heavy atom. The molecular formula is C16H22N2O3S2. The van der Waals surface area contributed by atoms with Gasteiger partial charge >= 0.3 is 0 Å². The second-order valence-electron chi connectivity index (χ2n) is 6.21. The van der Waals surface area contributed by atoms with Gasteiger partial charge in [-0.1, -0.05) is 24.4 Å². The van der Waals surface area contributed by atoms with Gasteiger partial charge in [-0.15, -0.1) is 11.3 Å². The van der Waals surface area contributed by atoms with E-state index in [-0.39, 0.29) is 6.04 Å². The normalized spacial score (nSPS) is 16.8. The summed E-state index contributed by atoms with van der Waals surface area (Å²) in [7, 11) is -3.49. The Balaban J connectivity index is 1.89. The van der Waals surface area contributed by atoms with Crippen molar-refractivity contribution in [3.63, 3.8) is 0 Å². The lowest BCUT2D eigenvalue weighted by molar-refractivity contribution is 0.412. The van der Waals surface area contributed by atoms with E-state index in [1.807, 2.05) is 20.8 Å². The first-order valence-corrected chi connectivity index (χ1v) is 10.2. The number of nitrogens with zero attached hydrogens (tertiary/aromatic N) is 1. The number of nitrogens with one attached hydrogen (secondary N) is 1. The molecule has 23 heavy (non-hydrogen) atoms. The lowest BCUT2D eigenvalue weighted by atomic mass is 9.96. The summed E-state index contributed by atoms with van der Waals surface area (Å²) >= 11 is 1.43. The number of aryl methyl sites for hydroxylation is 2. The highest BCUT2D eigenvalue weighted by atomic mass is 32.2. The summed E-state index contributed by atoms with van der Waals surface area (Å²) in [6.07, 6.45) is 5.24. The maximum atomic E-state index is 12.7. The monoisotopic (exact) mass is 354 g/mol. The van der Waals surface area contributed by atoms with E-state index in [0.29, 0.717) is 10.7 Å². The van der Waals surface area contributed by atoms with E-state index in [4.69, 9.17) is 4.52 Å². The standard InChI is InChI=1S/C16H22N2O3S2/c1-10-11(2)17-21-16(10)14-9-15(12(3)22-14)23(19,20)18-13-7-5-4-6-8-13/h9,13,18H,4-8H2,1-3H3. The van der Waals surface area contributed by atoms with E-state index in [9.17, 15) is 8.42 Å². The SMILES string of the molecule is Cc1noc(-c2cc(S(=O)(=O)NC3CCCCC3)c(C)s2)c1C. The molecule has 2 aromatic heterocycles. The third kappa shape index (κ3) is 3.36. The van der Waals surface area contributed by atoms with Gasteiger partial charge in [-0.3, -0.25) is 0 Å². The van der Waals surface area contributed by atoms with Crippen LogP contribution in [0.5, 0.6) is 0 Å². The molecule has 1 fully saturated rings. The van der Waals surface area contributed by atoms with Crippen LogP contribution >= 0.6 is 11.3 Å². The average Bonchev–Trinajstić information content (AvgIpc) is 3.04. The molecule has 1 N–H and O–H groups in total. The maximum Gasteiger partial charge on any atom is 0.241 e. The molecule has 0 radical (unpaired) electrons. The number of sulfonamides is 1. The average molecular weight is 354 g/mol. The molecule has 0 amide bonds. The van der Waals surface area contributed by atoms with Crippen LogP contribution in [0.2, 0.25) is 0 Å². The molecule has 0 aliphatic heterocycles. The Kier molecular flexibility index (Phi) is 4.62. The molecule has 1 aliphatic carbocycles. The zero-order valence-corrected chi connectivity index (χ0v) is 15.3. The van der Waals surface area contributed by atoms with Crippen LogP contribution in [0.15, 0.2) is 15.5 Å². The Bertz CT molecular complexity index is 799. The third-order valence-electron chi connectivity index (χ3n) is 4.47. The van der Waals surface area contributed by atoms with Gasteiger partial charge < -0.3 is 4.52 Å². The van der Waals surface area contributed by atoms with Crippen molar-refractivity contribution < 1.29 is 12.9 Å². The van der Waals surface area contributed by atoms with Crippen LogP contribution in [0.1, 0.15) is 48.2 Å². The van der Waals surface area contributed by atoms with Crippen LogP contribution in [0, 0.1) is 20.8 Å². The molecule has 0 bridgehead atoms. The Morgan fingerprint density at radius 2 is 1.91 bits per heavy atom. The van der Waals surface area contributed by atoms with Crippen LogP contribution in [-0.4, -0.2) is 19.6 Å². The highest BCUT2D eigenvalue weighted by molar-refractivity contribution is 7.89. The number of hydrogen-bond acceptors (Lipinski definition) is 5. The van der Waals surface area contributed by atoms with Crippen molar-refractivity contribution >= 4 is 21.4 Å². The summed E-state index contributed by atoms with van der Waals surface area (Å²) in [5, 5.41) is 3.95. The number of hydrogen-bond donors (Lipinski definition) is 1. The molecule has 3 rings (SSSR count). The molecule has 7 heteroatoms. The van der Waals surface area contributed by atoms with Gasteiger partial charge in [-0.2, -0.15) is 0 Å². The van der Waals surface area contributed by atoms with Crippen LogP contribution in [0.3, 0.4) is 0 Å². The quantitative estimate of drug-likeness (QED) is 0.902. The molecule has 2 heterocycles. The van der Waals surface area contributed by atoms with Gasteiger partial charge in [0.25, 0.3) is 0 Å². The first kappa shape index (κ1) is 16.7. The smallest absolute Gasteiger partial charge is 0.241 e. The zero-order valence-electron chi connectivity index (χ0n) is 13.7. The first-order chi connectivity index (χ1) is 10.9. The lowest BCUT2D eigenvalue weighted by Crippen LogP contribution is -2.36. The van der Waals surface area contributed by atoms with E-state index in [0.717, 1.165) is 46.7 Å². The van der Waals surface area contributed by atoms with Crippen LogP contribution < -0.4 is 4.72 Å². The Hall–Kier alpha value is -1.18. The predicted octanol–water partition coefficient (Wildman–Crippen LogP) is 3.94. The van der Waals surface area contributed by atoms with Gasteiger partial charge in [0.1, 0.15) is 0 Å². The minimum atomic E-state index is -3.49. The number of aromatic nitrogens is 1. The van der Waals surface area contributed by atoms with Crippen molar-refractivity contribution in [2.45, 2.75) is 63.8 Å². The molecule has 2 aromatic rings. The molecule has 5 nitrogen and oxygen atoms in total. The molecule has 0 atom stereocenters. The largest absolute Gasteiger partial charge is 0.355 e. The highest BCUT2D eigenvalue weighted by Crippen LogP contribution is 2.36. The van der Waals surface area contributed by atoms with Gasteiger partial charge in [0, 0.05) is 16.5 Å². The van der Waals surface area contributed by atoms with E-state index in [1.54, 1.807) is 6.07 Å². The van der Waals surface area contributed by atoms with Crippen molar-refractivity contribution in [3.8, 4) is 10.6 Å². The van der Waals surface area contributed by atoms with Crippen molar-refractivity contribution in [3.05, 3.63) is 22.2 Å².